The molecule has 0 bridgehead atoms. The lowest BCUT2D eigenvalue weighted by Crippen LogP contribution is -2.50. The quantitative estimate of drug-likeness (QED) is 0.685. The largest absolute Gasteiger partial charge is 0.340 e. The highest BCUT2D eigenvalue weighted by Gasteiger charge is 2.32. The summed E-state index contributed by atoms with van der Waals surface area (Å²) in [5, 5.41) is 0. The molecular weight excluding hydrogens is 286 g/mol. The average Bonchev–Trinajstić information content (AvgIpc) is 2.44. The minimum absolute atomic E-state index is 0.129. The van der Waals surface area contributed by atoms with Crippen molar-refractivity contribution in [2.75, 3.05) is 39.3 Å². The number of carbonyl (C=O) groups excluding carboxylic acids is 1. The van der Waals surface area contributed by atoms with Gasteiger partial charge in [0.1, 0.15) is 0 Å². The number of nitrogens with zero attached hydrogens (tertiary/aromatic N) is 3. The Bertz CT molecular complexity index is 372. The molecule has 1 aliphatic heterocycles. The first kappa shape index (κ1) is 20.4. The van der Waals surface area contributed by atoms with Crippen LogP contribution >= 0.6 is 0 Å². The summed E-state index contributed by atoms with van der Waals surface area (Å²) in [7, 11) is 0. The molecule has 0 aromatic rings. The Hall–Kier alpha value is -0.610. The Morgan fingerprint density at radius 2 is 0.913 bits per heavy atom. The Morgan fingerprint density at radius 3 is 1.17 bits per heavy atom. The molecule has 0 saturated carbocycles. The summed E-state index contributed by atoms with van der Waals surface area (Å²) < 4.78 is 0. The first-order valence-electron chi connectivity index (χ1n) is 9.02. The third-order valence-electron chi connectivity index (χ3n) is 4.75. The van der Waals surface area contributed by atoms with Gasteiger partial charge in [-0.05, 0) is 41.5 Å². The molecule has 23 heavy (non-hydrogen) atoms. The highest BCUT2D eigenvalue weighted by molar-refractivity contribution is 5.81. The summed E-state index contributed by atoms with van der Waals surface area (Å²) in [6.07, 6.45) is 0. The predicted molar refractivity (Wildman–Crippen MR) is 98.7 cm³/mol. The van der Waals surface area contributed by atoms with E-state index in [1.807, 2.05) is 20.8 Å². The van der Waals surface area contributed by atoms with E-state index in [0.717, 1.165) is 39.3 Å². The SMILES string of the molecule is CC(C)(C)C(=O)N1CCN(C(C)(C)C)CCN(C(C)(C)C)CC1. The van der Waals surface area contributed by atoms with Crippen molar-refractivity contribution in [2.45, 2.75) is 73.4 Å². The van der Waals surface area contributed by atoms with Crippen LogP contribution in [0.25, 0.3) is 0 Å². The second kappa shape index (κ2) is 7.10. The second-order valence-corrected chi connectivity index (χ2v) is 9.86. The van der Waals surface area contributed by atoms with Gasteiger partial charge in [-0.15, -0.1) is 0 Å². The number of amides is 1. The lowest BCUT2D eigenvalue weighted by atomic mass is 9.94. The first-order chi connectivity index (χ1) is 10.2. The van der Waals surface area contributed by atoms with Gasteiger partial charge in [0.15, 0.2) is 0 Å². The zero-order chi connectivity index (χ0) is 18.1. The van der Waals surface area contributed by atoms with E-state index in [4.69, 9.17) is 0 Å². The molecule has 1 aliphatic rings. The molecule has 1 fully saturated rings. The lowest BCUT2D eigenvalue weighted by Gasteiger charge is -2.39. The number of hydrogen-bond donors (Lipinski definition) is 0. The predicted octanol–water partition coefficient (Wildman–Crippen LogP) is 3.08. The molecule has 0 unspecified atom stereocenters. The molecule has 0 atom stereocenters. The van der Waals surface area contributed by atoms with Crippen molar-refractivity contribution in [2.24, 2.45) is 5.41 Å². The van der Waals surface area contributed by atoms with Crippen LogP contribution in [0.2, 0.25) is 0 Å². The molecule has 0 radical (unpaired) electrons. The monoisotopic (exact) mass is 325 g/mol. The Balaban J connectivity index is 2.99. The molecule has 136 valence electrons. The normalized spacial score (nSPS) is 20.8. The van der Waals surface area contributed by atoms with Crippen molar-refractivity contribution in [1.82, 2.24) is 14.7 Å². The molecule has 1 saturated heterocycles. The zero-order valence-electron chi connectivity index (χ0n) is 17.0. The van der Waals surface area contributed by atoms with Crippen LogP contribution in [0.1, 0.15) is 62.3 Å². The Morgan fingerprint density at radius 1 is 0.609 bits per heavy atom. The summed E-state index contributed by atoms with van der Waals surface area (Å²) >= 11 is 0. The van der Waals surface area contributed by atoms with Gasteiger partial charge in [0.2, 0.25) is 5.91 Å². The number of carbonyl (C=O) groups is 1. The van der Waals surface area contributed by atoms with Crippen LogP contribution in [0.4, 0.5) is 0 Å². The average molecular weight is 326 g/mol. The maximum Gasteiger partial charge on any atom is 0.228 e. The minimum Gasteiger partial charge on any atom is -0.340 e. The van der Waals surface area contributed by atoms with Crippen molar-refractivity contribution < 1.29 is 4.79 Å². The first-order valence-corrected chi connectivity index (χ1v) is 9.02. The van der Waals surface area contributed by atoms with Crippen LogP contribution in [-0.4, -0.2) is 71.0 Å². The van der Waals surface area contributed by atoms with Gasteiger partial charge in [-0.25, -0.2) is 0 Å². The van der Waals surface area contributed by atoms with Crippen molar-refractivity contribution in [3.05, 3.63) is 0 Å². The Kier molecular flexibility index (Phi) is 6.31. The van der Waals surface area contributed by atoms with E-state index in [0.29, 0.717) is 0 Å². The highest BCUT2D eigenvalue weighted by atomic mass is 16.2. The standard InChI is InChI=1S/C19H39N3O/c1-17(2,3)16(23)20-10-12-21(18(4,5)6)14-15-22(13-11-20)19(7,8)9/h10-15H2,1-9H3. The highest BCUT2D eigenvalue weighted by Crippen LogP contribution is 2.21. The topological polar surface area (TPSA) is 26.8 Å². The summed E-state index contributed by atoms with van der Waals surface area (Å²) in [4.78, 5) is 19.9. The van der Waals surface area contributed by atoms with Crippen LogP contribution < -0.4 is 0 Å². The summed E-state index contributed by atoms with van der Waals surface area (Å²) in [5.41, 5.74) is -0.0537. The van der Waals surface area contributed by atoms with Crippen LogP contribution in [-0.2, 0) is 4.79 Å². The maximum absolute atomic E-state index is 12.8. The molecule has 1 heterocycles. The van der Waals surface area contributed by atoms with Gasteiger partial charge in [-0.1, -0.05) is 20.8 Å². The molecule has 4 heteroatoms. The van der Waals surface area contributed by atoms with Gasteiger partial charge >= 0.3 is 0 Å². The van der Waals surface area contributed by atoms with Crippen molar-refractivity contribution in [3.8, 4) is 0 Å². The summed E-state index contributed by atoms with van der Waals surface area (Å²) in [6, 6.07) is 0. The van der Waals surface area contributed by atoms with Crippen molar-refractivity contribution in [1.29, 1.82) is 0 Å². The van der Waals surface area contributed by atoms with Gasteiger partial charge in [0.25, 0.3) is 0 Å². The van der Waals surface area contributed by atoms with E-state index in [-0.39, 0.29) is 22.4 Å². The minimum atomic E-state index is -0.312. The molecule has 0 N–H and O–H groups in total. The zero-order valence-corrected chi connectivity index (χ0v) is 17.0. The van der Waals surface area contributed by atoms with E-state index < -0.39 is 0 Å². The van der Waals surface area contributed by atoms with E-state index >= 15 is 0 Å². The fourth-order valence-corrected chi connectivity index (χ4v) is 3.08. The van der Waals surface area contributed by atoms with Gasteiger partial charge in [-0.2, -0.15) is 0 Å². The Labute approximate surface area is 144 Å². The molecule has 0 aromatic carbocycles. The molecule has 1 amide bonds. The molecule has 0 aliphatic carbocycles. The lowest BCUT2D eigenvalue weighted by molar-refractivity contribution is -0.140. The van der Waals surface area contributed by atoms with Gasteiger partial charge in [-0.3, -0.25) is 14.6 Å². The summed E-state index contributed by atoms with van der Waals surface area (Å²) in [5.74, 6) is 0.266. The molecular formula is C19H39N3O. The van der Waals surface area contributed by atoms with Crippen molar-refractivity contribution in [3.63, 3.8) is 0 Å². The van der Waals surface area contributed by atoms with Crippen molar-refractivity contribution >= 4 is 5.91 Å². The number of rotatable bonds is 0. The molecule has 0 spiro atoms. The van der Waals surface area contributed by atoms with E-state index in [2.05, 4.69) is 56.2 Å². The van der Waals surface area contributed by atoms with E-state index in [9.17, 15) is 4.79 Å². The molecule has 0 aromatic heterocycles. The maximum atomic E-state index is 12.8. The third kappa shape index (κ3) is 6.07. The number of hydrogen-bond acceptors (Lipinski definition) is 3. The van der Waals surface area contributed by atoms with Crippen LogP contribution in [0.3, 0.4) is 0 Å². The molecule has 4 nitrogen and oxygen atoms in total. The smallest absolute Gasteiger partial charge is 0.228 e. The fourth-order valence-electron chi connectivity index (χ4n) is 3.08. The van der Waals surface area contributed by atoms with Gasteiger partial charge in [0.05, 0.1) is 0 Å². The van der Waals surface area contributed by atoms with E-state index in [1.165, 1.54) is 0 Å². The van der Waals surface area contributed by atoms with Crippen LogP contribution in [0.5, 0.6) is 0 Å². The van der Waals surface area contributed by atoms with Crippen LogP contribution in [0, 0.1) is 5.41 Å². The summed E-state index contributed by atoms with van der Waals surface area (Å²) in [6.45, 7) is 25.3. The fraction of sp³-hybridized carbons (Fsp3) is 0.947. The molecule has 1 rings (SSSR count). The second-order valence-electron chi connectivity index (χ2n) is 9.86. The van der Waals surface area contributed by atoms with Gasteiger partial charge < -0.3 is 4.90 Å². The van der Waals surface area contributed by atoms with Gasteiger partial charge in [0, 0.05) is 55.8 Å². The van der Waals surface area contributed by atoms with E-state index in [1.54, 1.807) is 0 Å². The third-order valence-corrected chi connectivity index (χ3v) is 4.75. The van der Waals surface area contributed by atoms with Crippen LogP contribution in [0.15, 0.2) is 0 Å².